The molecule has 1 saturated heterocycles. The lowest BCUT2D eigenvalue weighted by Gasteiger charge is -2.24. The molecule has 94 valence electrons. The lowest BCUT2D eigenvalue weighted by molar-refractivity contribution is 0.0821. The number of rotatable bonds is 2. The molecule has 1 aromatic heterocycles. The predicted molar refractivity (Wildman–Crippen MR) is 67.1 cm³/mol. The van der Waals surface area contributed by atoms with E-state index >= 15 is 0 Å². The van der Waals surface area contributed by atoms with Crippen molar-refractivity contribution in [1.29, 1.82) is 0 Å². The lowest BCUT2D eigenvalue weighted by atomic mass is 10.2. The zero-order valence-electron chi connectivity index (χ0n) is 10.5. The first kappa shape index (κ1) is 12.3. The highest BCUT2D eigenvalue weighted by atomic mass is 16.5. The van der Waals surface area contributed by atoms with Crippen molar-refractivity contribution < 1.29 is 9.84 Å². The maximum atomic E-state index is 9.42. The molecule has 2 heterocycles. The third kappa shape index (κ3) is 3.17. The van der Waals surface area contributed by atoms with Gasteiger partial charge in [-0.05, 0) is 32.4 Å². The Kier molecular flexibility index (Phi) is 3.97. The number of anilines is 1. The SMILES string of the molecule is CC1CN(c2ccc(C(C)O)nc2)CCCO1. The highest BCUT2D eigenvalue weighted by Gasteiger charge is 2.15. The van der Waals surface area contributed by atoms with E-state index in [9.17, 15) is 5.11 Å². The van der Waals surface area contributed by atoms with Gasteiger partial charge in [-0.3, -0.25) is 4.98 Å². The number of nitrogens with zero attached hydrogens (tertiary/aromatic N) is 2. The molecule has 0 amide bonds. The highest BCUT2D eigenvalue weighted by Crippen LogP contribution is 2.18. The van der Waals surface area contributed by atoms with E-state index in [2.05, 4.69) is 16.8 Å². The van der Waals surface area contributed by atoms with Crippen LogP contribution in [0.2, 0.25) is 0 Å². The normalized spacial score (nSPS) is 23.2. The minimum Gasteiger partial charge on any atom is -0.387 e. The Balaban J connectivity index is 2.10. The molecule has 4 heteroatoms. The van der Waals surface area contributed by atoms with E-state index in [0.717, 1.165) is 31.8 Å². The molecule has 2 rings (SSSR count). The van der Waals surface area contributed by atoms with Crippen molar-refractivity contribution in [2.24, 2.45) is 0 Å². The molecule has 0 spiro atoms. The van der Waals surface area contributed by atoms with Crippen molar-refractivity contribution in [3.8, 4) is 0 Å². The third-order valence-electron chi connectivity index (χ3n) is 3.02. The summed E-state index contributed by atoms with van der Waals surface area (Å²) in [5.41, 5.74) is 1.82. The van der Waals surface area contributed by atoms with Crippen LogP contribution in [-0.4, -0.2) is 35.9 Å². The van der Waals surface area contributed by atoms with Gasteiger partial charge in [0.05, 0.1) is 29.8 Å². The fourth-order valence-corrected chi connectivity index (χ4v) is 2.06. The van der Waals surface area contributed by atoms with Crippen LogP contribution < -0.4 is 4.90 Å². The zero-order chi connectivity index (χ0) is 12.3. The van der Waals surface area contributed by atoms with E-state index in [4.69, 9.17) is 4.74 Å². The van der Waals surface area contributed by atoms with E-state index < -0.39 is 6.10 Å². The number of ether oxygens (including phenoxy) is 1. The molecular weight excluding hydrogens is 216 g/mol. The molecule has 1 fully saturated rings. The molecule has 1 aliphatic rings. The van der Waals surface area contributed by atoms with Crippen LogP contribution in [0, 0.1) is 0 Å². The number of aliphatic hydroxyl groups excluding tert-OH is 1. The summed E-state index contributed by atoms with van der Waals surface area (Å²) >= 11 is 0. The number of hydrogen-bond donors (Lipinski definition) is 1. The molecule has 1 aromatic rings. The van der Waals surface area contributed by atoms with Crippen LogP contribution in [0.4, 0.5) is 5.69 Å². The average Bonchev–Trinajstić information content (AvgIpc) is 2.54. The monoisotopic (exact) mass is 236 g/mol. The van der Waals surface area contributed by atoms with Crippen molar-refractivity contribution in [1.82, 2.24) is 4.98 Å². The maximum absolute atomic E-state index is 9.42. The van der Waals surface area contributed by atoms with E-state index in [1.54, 1.807) is 6.92 Å². The minimum atomic E-state index is -0.504. The van der Waals surface area contributed by atoms with Crippen molar-refractivity contribution in [3.63, 3.8) is 0 Å². The summed E-state index contributed by atoms with van der Waals surface area (Å²) in [5.74, 6) is 0. The molecule has 1 N–H and O–H groups in total. The highest BCUT2D eigenvalue weighted by molar-refractivity contribution is 5.45. The number of hydrogen-bond acceptors (Lipinski definition) is 4. The Bertz CT molecular complexity index is 351. The Morgan fingerprint density at radius 3 is 3.00 bits per heavy atom. The van der Waals surface area contributed by atoms with Gasteiger partial charge in [0.15, 0.2) is 0 Å². The largest absolute Gasteiger partial charge is 0.387 e. The fraction of sp³-hybridized carbons (Fsp3) is 0.615. The van der Waals surface area contributed by atoms with Gasteiger partial charge in [-0.15, -0.1) is 0 Å². The van der Waals surface area contributed by atoms with Crippen molar-refractivity contribution in [2.45, 2.75) is 32.5 Å². The van der Waals surface area contributed by atoms with Gasteiger partial charge in [-0.25, -0.2) is 0 Å². The van der Waals surface area contributed by atoms with Crippen LogP contribution in [0.15, 0.2) is 18.3 Å². The Labute approximate surface area is 102 Å². The number of pyridine rings is 1. The van der Waals surface area contributed by atoms with Crippen molar-refractivity contribution in [3.05, 3.63) is 24.0 Å². The maximum Gasteiger partial charge on any atom is 0.0931 e. The van der Waals surface area contributed by atoms with Gasteiger partial charge in [-0.1, -0.05) is 0 Å². The van der Waals surface area contributed by atoms with Gasteiger partial charge in [0.1, 0.15) is 0 Å². The quantitative estimate of drug-likeness (QED) is 0.849. The first-order valence-electron chi connectivity index (χ1n) is 6.17. The first-order valence-corrected chi connectivity index (χ1v) is 6.17. The van der Waals surface area contributed by atoms with Crippen LogP contribution >= 0.6 is 0 Å². The van der Waals surface area contributed by atoms with E-state index in [1.807, 2.05) is 18.3 Å². The van der Waals surface area contributed by atoms with E-state index in [0.29, 0.717) is 5.69 Å². The number of aromatic nitrogens is 1. The second-order valence-corrected chi connectivity index (χ2v) is 4.60. The zero-order valence-corrected chi connectivity index (χ0v) is 10.5. The lowest BCUT2D eigenvalue weighted by Crippen LogP contribution is -2.30. The predicted octanol–water partition coefficient (Wildman–Crippen LogP) is 1.75. The van der Waals surface area contributed by atoms with E-state index in [-0.39, 0.29) is 6.10 Å². The van der Waals surface area contributed by atoms with Crippen LogP contribution in [0.3, 0.4) is 0 Å². The molecule has 0 aromatic carbocycles. The smallest absolute Gasteiger partial charge is 0.0931 e. The summed E-state index contributed by atoms with van der Waals surface area (Å²) in [4.78, 5) is 6.56. The third-order valence-corrected chi connectivity index (χ3v) is 3.02. The average molecular weight is 236 g/mol. The van der Waals surface area contributed by atoms with Gasteiger partial charge >= 0.3 is 0 Å². The van der Waals surface area contributed by atoms with Crippen LogP contribution in [-0.2, 0) is 4.74 Å². The summed E-state index contributed by atoms with van der Waals surface area (Å²) in [5, 5.41) is 9.42. The van der Waals surface area contributed by atoms with Crippen LogP contribution in [0.1, 0.15) is 32.1 Å². The molecule has 1 aliphatic heterocycles. The van der Waals surface area contributed by atoms with Crippen LogP contribution in [0.5, 0.6) is 0 Å². The molecule has 4 nitrogen and oxygen atoms in total. The molecule has 0 aliphatic carbocycles. The topological polar surface area (TPSA) is 45.6 Å². The van der Waals surface area contributed by atoms with Gasteiger partial charge in [0.25, 0.3) is 0 Å². The van der Waals surface area contributed by atoms with Crippen LogP contribution in [0.25, 0.3) is 0 Å². The molecule has 2 unspecified atom stereocenters. The van der Waals surface area contributed by atoms with Gasteiger partial charge in [-0.2, -0.15) is 0 Å². The molecule has 0 saturated carbocycles. The molecular formula is C13H20N2O2. The Hall–Kier alpha value is -1.13. The summed E-state index contributed by atoms with van der Waals surface area (Å²) in [6.07, 6.45) is 2.63. The van der Waals surface area contributed by atoms with Gasteiger partial charge in [0.2, 0.25) is 0 Å². The van der Waals surface area contributed by atoms with Gasteiger partial charge < -0.3 is 14.7 Å². The molecule has 0 bridgehead atoms. The standard InChI is InChI=1S/C13H20N2O2/c1-10-9-15(6-3-7-17-10)12-4-5-13(11(2)16)14-8-12/h4-5,8,10-11,16H,3,6-7,9H2,1-2H3. The first-order chi connectivity index (χ1) is 8.16. The second-order valence-electron chi connectivity index (χ2n) is 4.60. The second kappa shape index (κ2) is 5.47. The van der Waals surface area contributed by atoms with E-state index in [1.165, 1.54) is 0 Å². The summed E-state index contributed by atoms with van der Waals surface area (Å²) in [6, 6.07) is 3.91. The molecule has 2 atom stereocenters. The molecule has 17 heavy (non-hydrogen) atoms. The summed E-state index contributed by atoms with van der Waals surface area (Å²) in [6.45, 7) is 6.55. The van der Waals surface area contributed by atoms with Crippen molar-refractivity contribution in [2.75, 3.05) is 24.6 Å². The summed E-state index contributed by atoms with van der Waals surface area (Å²) in [7, 11) is 0. The minimum absolute atomic E-state index is 0.258. The Morgan fingerprint density at radius 1 is 1.53 bits per heavy atom. The number of aliphatic hydroxyl groups is 1. The fourth-order valence-electron chi connectivity index (χ4n) is 2.06. The summed E-state index contributed by atoms with van der Waals surface area (Å²) < 4.78 is 5.61. The Morgan fingerprint density at radius 2 is 2.35 bits per heavy atom. The van der Waals surface area contributed by atoms with Gasteiger partial charge in [0, 0.05) is 19.7 Å². The van der Waals surface area contributed by atoms with Crippen molar-refractivity contribution >= 4 is 5.69 Å². The molecule has 0 radical (unpaired) electrons.